The minimum atomic E-state index is 0.433. The van der Waals surface area contributed by atoms with Crippen molar-refractivity contribution in [1.82, 2.24) is 15.1 Å². The second kappa shape index (κ2) is 8.32. The van der Waals surface area contributed by atoms with Crippen molar-refractivity contribution in [3.05, 3.63) is 76.0 Å². The SMILES string of the molecule is Cc1nccc2ccc(N3CC4(CC(/C=C/c5c(-c6c(Cl)cncc6Cl)noc5C5CC5)C4)C3)cc12. The summed E-state index contributed by atoms with van der Waals surface area (Å²) in [5, 5.41) is 7.86. The van der Waals surface area contributed by atoms with E-state index in [-0.39, 0.29) is 0 Å². The molecule has 7 rings (SSSR count). The van der Waals surface area contributed by atoms with Crippen LogP contribution in [-0.2, 0) is 0 Å². The molecule has 2 saturated carbocycles. The van der Waals surface area contributed by atoms with Gasteiger partial charge in [0.15, 0.2) is 0 Å². The van der Waals surface area contributed by atoms with E-state index in [2.05, 4.69) is 63.4 Å². The van der Waals surface area contributed by atoms with Crippen molar-refractivity contribution in [2.24, 2.45) is 11.3 Å². The highest BCUT2D eigenvalue weighted by Crippen LogP contribution is 2.54. The van der Waals surface area contributed by atoms with Crippen LogP contribution in [0.5, 0.6) is 0 Å². The van der Waals surface area contributed by atoms with Gasteiger partial charge in [-0.05, 0) is 62.1 Å². The highest BCUT2D eigenvalue weighted by molar-refractivity contribution is 6.39. The number of fused-ring (bicyclic) bond motifs is 1. The molecule has 0 bridgehead atoms. The summed E-state index contributed by atoms with van der Waals surface area (Å²) in [4.78, 5) is 11.0. The Morgan fingerprint density at radius 2 is 1.86 bits per heavy atom. The first kappa shape index (κ1) is 22.3. The summed E-state index contributed by atoms with van der Waals surface area (Å²) in [6.07, 6.45) is 14.3. The third-order valence-corrected chi connectivity index (χ3v) is 8.66. The molecule has 0 radical (unpaired) electrons. The standard InChI is InChI=1S/C29H26Cl2N4O/c1-17-23-10-21(6-5-19(23)8-9-33-17)35-15-29(16-35)11-18(12-29)2-7-22-27(34-36-28(22)20-3-4-20)26-24(30)13-32-14-25(26)31/h2,5-10,13-14,18,20H,3-4,11-12,15-16H2,1H3/b7-2+. The number of pyridine rings is 2. The predicted octanol–water partition coefficient (Wildman–Crippen LogP) is 7.71. The Bertz CT molecular complexity index is 1490. The molecule has 1 saturated heterocycles. The van der Waals surface area contributed by atoms with Crippen molar-refractivity contribution in [3.8, 4) is 11.3 Å². The molecule has 0 unspecified atom stereocenters. The van der Waals surface area contributed by atoms with E-state index in [0.717, 1.165) is 48.6 Å². The number of hydrogen-bond acceptors (Lipinski definition) is 5. The Kier molecular flexibility index (Phi) is 5.16. The van der Waals surface area contributed by atoms with Crippen molar-refractivity contribution in [1.29, 1.82) is 0 Å². The number of anilines is 1. The zero-order valence-corrected chi connectivity index (χ0v) is 21.6. The van der Waals surface area contributed by atoms with Crippen LogP contribution < -0.4 is 4.90 Å². The van der Waals surface area contributed by atoms with E-state index in [1.807, 2.05) is 6.20 Å². The number of halogens is 2. The van der Waals surface area contributed by atoms with Gasteiger partial charge in [-0.1, -0.05) is 46.6 Å². The van der Waals surface area contributed by atoms with Gasteiger partial charge in [-0.15, -0.1) is 0 Å². The van der Waals surface area contributed by atoms with E-state index in [1.165, 1.54) is 29.3 Å². The van der Waals surface area contributed by atoms with Gasteiger partial charge in [0.2, 0.25) is 0 Å². The summed E-state index contributed by atoms with van der Waals surface area (Å²) in [5.41, 5.74) is 5.26. The van der Waals surface area contributed by atoms with Gasteiger partial charge in [-0.25, -0.2) is 0 Å². The molecule has 3 aromatic heterocycles. The number of nitrogens with zero attached hydrogens (tertiary/aromatic N) is 4. The lowest BCUT2D eigenvalue weighted by molar-refractivity contribution is 0.0486. The van der Waals surface area contributed by atoms with E-state index in [9.17, 15) is 0 Å². The average Bonchev–Trinajstić information content (AvgIpc) is 3.58. The maximum Gasteiger partial charge on any atom is 0.147 e. The zero-order chi connectivity index (χ0) is 24.4. The first-order valence-electron chi connectivity index (χ1n) is 12.6. The third kappa shape index (κ3) is 3.72. The van der Waals surface area contributed by atoms with Crippen LogP contribution in [0.3, 0.4) is 0 Å². The van der Waals surface area contributed by atoms with Gasteiger partial charge in [-0.3, -0.25) is 9.97 Å². The number of rotatable bonds is 5. The van der Waals surface area contributed by atoms with Gasteiger partial charge in [0.1, 0.15) is 11.5 Å². The lowest BCUT2D eigenvalue weighted by atomic mass is 9.57. The molecule has 3 aliphatic rings. The molecule has 3 fully saturated rings. The van der Waals surface area contributed by atoms with Crippen LogP contribution in [0.25, 0.3) is 28.1 Å². The second-order valence-corrected chi connectivity index (χ2v) is 11.6. The fourth-order valence-electron chi connectivity index (χ4n) is 6.05. The molecular weight excluding hydrogens is 491 g/mol. The maximum atomic E-state index is 6.45. The molecule has 36 heavy (non-hydrogen) atoms. The molecule has 4 heterocycles. The molecule has 2 aliphatic carbocycles. The van der Waals surface area contributed by atoms with Crippen molar-refractivity contribution >= 4 is 45.7 Å². The fourth-order valence-corrected chi connectivity index (χ4v) is 6.60. The number of hydrogen-bond donors (Lipinski definition) is 0. The lowest BCUT2D eigenvalue weighted by Crippen LogP contribution is -2.62. The van der Waals surface area contributed by atoms with E-state index in [0.29, 0.717) is 32.9 Å². The Hall–Kier alpha value is -2.89. The number of aromatic nitrogens is 3. The van der Waals surface area contributed by atoms with E-state index < -0.39 is 0 Å². The average molecular weight is 517 g/mol. The normalized spacial score (nSPS) is 19.2. The van der Waals surface area contributed by atoms with Gasteiger partial charge in [0, 0.05) is 70.9 Å². The van der Waals surface area contributed by atoms with Crippen LogP contribution in [0.4, 0.5) is 5.69 Å². The third-order valence-electron chi connectivity index (χ3n) is 8.09. The highest BCUT2D eigenvalue weighted by Gasteiger charge is 2.51. The lowest BCUT2D eigenvalue weighted by Gasteiger charge is -2.59. The summed E-state index contributed by atoms with van der Waals surface area (Å²) in [6.45, 7) is 4.32. The second-order valence-electron chi connectivity index (χ2n) is 10.7. The summed E-state index contributed by atoms with van der Waals surface area (Å²) >= 11 is 12.9. The number of benzene rings is 1. The molecule has 0 N–H and O–H groups in total. The summed E-state index contributed by atoms with van der Waals surface area (Å²) in [7, 11) is 0. The molecule has 4 aromatic rings. The molecule has 0 amide bonds. The first-order chi connectivity index (χ1) is 17.5. The molecular formula is C29H26Cl2N4O. The van der Waals surface area contributed by atoms with Crippen molar-refractivity contribution in [2.75, 3.05) is 18.0 Å². The summed E-state index contributed by atoms with van der Waals surface area (Å²) in [5.74, 6) is 1.96. The van der Waals surface area contributed by atoms with Crippen molar-refractivity contribution < 1.29 is 4.52 Å². The fraction of sp³-hybridized carbons (Fsp3) is 0.345. The minimum absolute atomic E-state index is 0.433. The highest BCUT2D eigenvalue weighted by atomic mass is 35.5. The van der Waals surface area contributed by atoms with Gasteiger partial charge < -0.3 is 9.42 Å². The van der Waals surface area contributed by atoms with E-state index in [4.69, 9.17) is 27.7 Å². The molecule has 5 nitrogen and oxygen atoms in total. The Balaban J connectivity index is 1.06. The predicted molar refractivity (Wildman–Crippen MR) is 145 cm³/mol. The van der Waals surface area contributed by atoms with Gasteiger partial charge >= 0.3 is 0 Å². The molecule has 1 aromatic carbocycles. The van der Waals surface area contributed by atoms with Gasteiger partial charge in [0.25, 0.3) is 0 Å². The van der Waals surface area contributed by atoms with Crippen LogP contribution in [0.15, 0.2) is 53.5 Å². The van der Waals surface area contributed by atoms with Gasteiger partial charge in [0.05, 0.1) is 10.0 Å². The maximum absolute atomic E-state index is 6.45. The molecule has 0 atom stereocenters. The topological polar surface area (TPSA) is 55.1 Å². The van der Waals surface area contributed by atoms with Crippen LogP contribution in [0.2, 0.25) is 10.0 Å². The number of allylic oxidation sites excluding steroid dienone is 1. The molecule has 7 heteroatoms. The smallest absolute Gasteiger partial charge is 0.147 e. The minimum Gasteiger partial charge on any atom is -0.370 e. The van der Waals surface area contributed by atoms with Crippen LogP contribution in [-0.4, -0.2) is 28.2 Å². The zero-order valence-electron chi connectivity index (χ0n) is 20.0. The van der Waals surface area contributed by atoms with E-state index in [1.54, 1.807) is 12.4 Å². The van der Waals surface area contributed by atoms with Crippen molar-refractivity contribution in [2.45, 2.75) is 38.5 Å². The molecule has 1 aliphatic heterocycles. The van der Waals surface area contributed by atoms with Crippen LogP contribution >= 0.6 is 23.2 Å². The quantitative estimate of drug-likeness (QED) is 0.271. The monoisotopic (exact) mass is 516 g/mol. The Morgan fingerprint density at radius 3 is 2.61 bits per heavy atom. The molecule has 182 valence electrons. The van der Waals surface area contributed by atoms with Crippen LogP contribution in [0.1, 0.15) is 48.6 Å². The number of aryl methyl sites for hydroxylation is 1. The molecule has 1 spiro atoms. The first-order valence-corrected chi connectivity index (χ1v) is 13.3. The Labute approximate surface area is 220 Å². The largest absolute Gasteiger partial charge is 0.370 e. The Morgan fingerprint density at radius 1 is 1.08 bits per heavy atom. The summed E-state index contributed by atoms with van der Waals surface area (Å²) < 4.78 is 5.79. The summed E-state index contributed by atoms with van der Waals surface area (Å²) in [6, 6.07) is 8.83. The van der Waals surface area contributed by atoms with E-state index >= 15 is 0 Å². The van der Waals surface area contributed by atoms with Gasteiger partial charge in [-0.2, -0.15) is 0 Å². The van der Waals surface area contributed by atoms with Crippen molar-refractivity contribution in [3.63, 3.8) is 0 Å². The van der Waals surface area contributed by atoms with Crippen LogP contribution in [0, 0.1) is 18.3 Å².